The monoisotopic (exact) mass is 1530 g/mol. The molecule has 16 rings (SSSR count). The van der Waals surface area contributed by atoms with E-state index in [9.17, 15) is 34.8 Å². The Morgan fingerprint density at radius 1 is 0.469 bits per heavy atom. The highest BCUT2D eigenvalue weighted by Gasteiger charge is 2.37. The van der Waals surface area contributed by atoms with E-state index in [0.717, 1.165) is 171 Å². The highest BCUT2D eigenvalue weighted by Crippen LogP contribution is 2.42. The lowest BCUT2D eigenvalue weighted by atomic mass is 9.96. The molecule has 26 nitrogen and oxygen atoms in total. The predicted octanol–water partition coefficient (Wildman–Crippen LogP) is 10.2. The number of carbonyl (C=O) groups is 3. The Hall–Kier alpha value is -11.5. The van der Waals surface area contributed by atoms with Crippen molar-refractivity contribution >= 4 is 84.6 Å². The number of piperazine rings is 3. The van der Waals surface area contributed by atoms with Crippen LogP contribution >= 0.6 is 0 Å². The summed E-state index contributed by atoms with van der Waals surface area (Å²) in [5.41, 5.74) is 9.10. The van der Waals surface area contributed by atoms with Gasteiger partial charge in [0.25, 0.3) is 0 Å². The molecule has 113 heavy (non-hydrogen) atoms. The number of likely N-dealkylation sites (tertiary alicyclic amines) is 1. The lowest BCUT2D eigenvalue weighted by Crippen LogP contribution is -2.57. The van der Waals surface area contributed by atoms with Crippen LogP contribution in [0.5, 0.6) is 35.3 Å². The van der Waals surface area contributed by atoms with Crippen molar-refractivity contribution in [2.24, 2.45) is 5.92 Å². The van der Waals surface area contributed by atoms with E-state index >= 15 is 0 Å². The van der Waals surface area contributed by atoms with Crippen molar-refractivity contribution in [3.05, 3.63) is 181 Å². The van der Waals surface area contributed by atoms with Gasteiger partial charge >= 0.3 is 18.0 Å². The second-order valence-electron chi connectivity index (χ2n) is 30.1. The first-order valence-electron chi connectivity index (χ1n) is 39.8. The number of phenolic OH excluding ortho intramolecular Hbond substituents is 3. The van der Waals surface area contributed by atoms with Gasteiger partial charge < -0.3 is 78.7 Å². The van der Waals surface area contributed by atoms with E-state index in [1.807, 2.05) is 89.5 Å². The molecule has 3 unspecified atom stereocenters. The van der Waals surface area contributed by atoms with Gasteiger partial charge in [-0.3, -0.25) is 19.3 Å². The van der Waals surface area contributed by atoms with Crippen molar-refractivity contribution in [2.45, 2.75) is 97.9 Å². The number of aliphatic hydroxyl groups is 1. The van der Waals surface area contributed by atoms with Crippen molar-refractivity contribution in [3.8, 4) is 35.3 Å². The molecular weight excluding hydrogens is 1430 g/mol. The zero-order valence-electron chi connectivity index (χ0n) is 65.4. The molecule has 3 amide bonds. The summed E-state index contributed by atoms with van der Waals surface area (Å²) < 4.78 is 18.0. The van der Waals surface area contributed by atoms with Gasteiger partial charge in [-0.2, -0.15) is 29.9 Å². The van der Waals surface area contributed by atoms with Crippen LogP contribution in [0.2, 0.25) is 0 Å². The minimum atomic E-state index is -0.344. The van der Waals surface area contributed by atoms with Gasteiger partial charge in [-0.05, 0) is 110 Å². The molecule has 7 aliphatic heterocycles. The number of anilines is 6. The molecule has 0 radical (unpaired) electrons. The molecule has 0 aliphatic carbocycles. The Kier molecular flexibility index (Phi) is 24.5. The molecule has 0 spiro atoms. The molecule has 7 aliphatic rings. The number of nitrogens with zero attached hydrogens (tertiary/aromatic N) is 16. The Labute approximate surface area is 660 Å². The van der Waals surface area contributed by atoms with Crippen molar-refractivity contribution in [1.29, 1.82) is 0 Å². The van der Waals surface area contributed by atoms with Gasteiger partial charge in [-0.15, -0.1) is 0 Å². The van der Waals surface area contributed by atoms with Crippen molar-refractivity contribution < 1.29 is 49.0 Å². The van der Waals surface area contributed by atoms with E-state index in [2.05, 4.69) is 93.0 Å². The maximum Gasteiger partial charge on any atom is 0.318 e. The normalized spacial score (nSPS) is 18.3. The van der Waals surface area contributed by atoms with Crippen LogP contribution in [0, 0.1) is 5.92 Å². The fraction of sp³-hybridized carbons (Fsp3) is 0.414. The number of aliphatic hydroxyl groups excluding tert-OH is 1. The van der Waals surface area contributed by atoms with Gasteiger partial charge in [0.15, 0.2) is 0 Å². The number of hydrogen-bond donors (Lipinski definition) is 4. The Bertz CT molecular complexity index is 4970. The van der Waals surface area contributed by atoms with E-state index < -0.39 is 0 Å². The molecule has 0 bridgehead atoms. The summed E-state index contributed by atoms with van der Waals surface area (Å²) in [4.78, 5) is 86.9. The number of rotatable bonds is 20. The summed E-state index contributed by atoms with van der Waals surface area (Å²) in [5.74, 6) is 3.87. The highest BCUT2D eigenvalue weighted by atomic mass is 16.5. The summed E-state index contributed by atoms with van der Waals surface area (Å²) in [6.45, 7) is 34.2. The molecule has 26 heteroatoms. The van der Waals surface area contributed by atoms with Crippen LogP contribution in [0.25, 0.3) is 32.3 Å². The predicted molar refractivity (Wildman–Crippen MR) is 442 cm³/mol. The quantitative estimate of drug-likeness (QED) is 0.0517. The number of phenols is 3. The summed E-state index contributed by atoms with van der Waals surface area (Å²) in [6.07, 6.45) is 9.28. The SMILES string of the molecule is C=CC(=O)N1CCN(c2nc(OCCC)nc3c2CC(C)N(c2cc(O)cc4ccccc24)C3)CC1.C=CC(=O)N1CCN(c2nc(OCCC)nc3c2CCN(c2cc(O)cc4ccccc24)C3)CC1CO.C=CC(=O)N1CCN(c2nc(OCCN3CCC(C)C3)nc3c2CCN(c2cc(O)cc4ccccc24)C3)CC1. The molecule has 592 valence electrons. The van der Waals surface area contributed by atoms with Crippen molar-refractivity contribution in [1.82, 2.24) is 49.5 Å². The van der Waals surface area contributed by atoms with Crippen molar-refractivity contribution in [2.75, 3.05) is 161 Å². The lowest BCUT2D eigenvalue weighted by molar-refractivity contribution is -0.129. The van der Waals surface area contributed by atoms with Crippen LogP contribution in [-0.2, 0) is 53.3 Å². The fourth-order valence-electron chi connectivity index (χ4n) is 16.7. The first kappa shape index (κ1) is 78.2. The molecule has 6 aromatic carbocycles. The maximum atomic E-state index is 12.3. The summed E-state index contributed by atoms with van der Waals surface area (Å²) in [6, 6.07) is 36.2. The number of carbonyl (C=O) groups excluding carboxylic acids is 3. The lowest BCUT2D eigenvalue weighted by Gasteiger charge is -2.42. The molecule has 4 fully saturated rings. The molecule has 10 heterocycles. The fourth-order valence-corrected chi connectivity index (χ4v) is 16.7. The third-order valence-corrected chi connectivity index (χ3v) is 22.5. The Morgan fingerprint density at radius 2 is 0.894 bits per heavy atom. The molecule has 4 N–H and O–H groups in total. The molecule has 4 saturated heterocycles. The molecule has 0 saturated carbocycles. The van der Waals surface area contributed by atoms with Crippen LogP contribution in [0.3, 0.4) is 0 Å². The number of aromatic hydroxyl groups is 3. The third kappa shape index (κ3) is 17.6. The number of aromatic nitrogens is 6. The number of benzene rings is 6. The second-order valence-corrected chi connectivity index (χ2v) is 30.1. The number of fused-ring (bicyclic) bond motifs is 6. The van der Waals surface area contributed by atoms with Gasteiger partial charge in [0.05, 0.1) is 62.6 Å². The van der Waals surface area contributed by atoms with Gasteiger partial charge in [-0.25, -0.2) is 0 Å². The summed E-state index contributed by atoms with van der Waals surface area (Å²) in [7, 11) is 0. The number of hydrogen-bond acceptors (Lipinski definition) is 23. The second kappa shape index (κ2) is 35.5. The van der Waals surface area contributed by atoms with Crippen LogP contribution in [0.15, 0.2) is 147 Å². The average Bonchev–Trinajstić information content (AvgIpc) is 0.884. The standard InChI is InChI=1S/C31H38N6O3.C28H33N5O4.C28H33N5O3/c1-3-29(39)35-12-14-36(15-13-35)30-26-9-11-37(28-19-24(38)18-23-6-4-5-7-25(23)28)21-27(26)32-31(33-30)40-17-16-34-10-8-22(2)20-34;1-3-13-37-28-29-24-17-31(25-15-21(35)14-19-7-5-6-8-22(19)25)10-9-23(24)27(30-28)32-11-12-33(26(36)4-2)20(16-32)18-34;1-4-14-36-28-29-24-18-33(25-17-21(34)16-20-8-6-7-9-22(20)25)19(3)15-23(24)27(30-28)32-12-10-31(11-13-32)26(35)5-2/h3-7,18-19,22,38H,1,8-17,20-21H2,2H3;4-8,14-15,20,34-35H,2-3,9-13,16-18H2,1H3;5-9,16-17,19,34H,2,4,10-15,18H2,1,3H3. The topological polar surface area (TPSA) is 270 Å². The summed E-state index contributed by atoms with van der Waals surface area (Å²) in [5, 5.41) is 47.6. The molecule has 3 atom stereocenters. The van der Waals surface area contributed by atoms with Gasteiger partial charge in [0, 0.05) is 172 Å². The van der Waals surface area contributed by atoms with Gasteiger partial charge in [-0.1, -0.05) is 113 Å². The molecular formula is C87H104N16O10. The smallest absolute Gasteiger partial charge is 0.318 e. The van der Waals surface area contributed by atoms with E-state index in [0.29, 0.717) is 129 Å². The van der Waals surface area contributed by atoms with E-state index in [1.54, 1.807) is 23.1 Å². The van der Waals surface area contributed by atoms with Gasteiger partial charge in [0.1, 0.15) is 41.3 Å². The Morgan fingerprint density at radius 3 is 1.35 bits per heavy atom. The minimum absolute atomic E-state index is 0.0291. The van der Waals surface area contributed by atoms with E-state index in [-0.39, 0.29) is 53.7 Å². The third-order valence-electron chi connectivity index (χ3n) is 22.5. The Balaban J connectivity index is 0.000000141. The van der Waals surface area contributed by atoms with E-state index in [4.69, 9.17) is 44.1 Å². The number of amides is 3. The zero-order chi connectivity index (χ0) is 78.8. The van der Waals surface area contributed by atoms with Gasteiger partial charge in [0.2, 0.25) is 17.7 Å². The van der Waals surface area contributed by atoms with Crippen LogP contribution in [0.4, 0.5) is 34.5 Å². The summed E-state index contributed by atoms with van der Waals surface area (Å²) >= 11 is 0. The maximum absolute atomic E-state index is 12.3. The van der Waals surface area contributed by atoms with Crippen LogP contribution < -0.4 is 43.6 Å². The first-order chi connectivity index (χ1) is 55.0. The molecule has 3 aromatic heterocycles. The highest BCUT2D eigenvalue weighted by molar-refractivity contribution is 5.98. The zero-order valence-corrected chi connectivity index (χ0v) is 65.4. The average molecular weight is 1530 g/mol. The largest absolute Gasteiger partial charge is 0.508 e. The van der Waals surface area contributed by atoms with Crippen LogP contribution in [-0.4, -0.2) is 231 Å². The minimum Gasteiger partial charge on any atom is -0.508 e. The molecule has 9 aromatic rings. The first-order valence-corrected chi connectivity index (χ1v) is 39.8. The number of ether oxygens (including phenoxy) is 3. The van der Waals surface area contributed by atoms with Crippen molar-refractivity contribution in [3.63, 3.8) is 0 Å². The van der Waals surface area contributed by atoms with Crippen LogP contribution in [0.1, 0.15) is 80.7 Å². The van der Waals surface area contributed by atoms with E-state index in [1.165, 1.54) is 24.6 Å².